The maximum absolute atomic E-state index is 13.1. The summed E-state index contributed by atoms with van der Waals surface area (Å²) in [6, 6.07) is 10.9. The predicted molar refractivity (Wildman–Crippen MR) is 111 cm³/mol. The summed E-state index contributed by atoms with van der Waals surface area (Å²) < 4.78 is 37.6. The van der Waals surface area contributed by atoms with E-state index in [1.807, 2.05) is 0 Å². The highest BCUT2D eigenvalue weighted by molar-refractivity contribution is 7.89. The van der Waals surface area contributed by atoms with Gasteiger partial charge < -0.3 is 9.47 Å². The molecule has 0 saturated carbocycles. The van der Waals surface area contributed by atoms with Gasteiger partial charge in [0.1, 0.15) is 5.75 Å². The summed E-state index contributed by atoms with van der Waals surface area (Å²) in [6.45, 7) is 2.09. The number of benzene rings is 2. The second-order valence-corrected chi connectivity index (χ2v) is 9.34. The second-order valence-electron chi connectivity index (χ2n) is 7.00. The largest absolute Gasteiger partial charge is 0.465 e. The first kappa shape index (κ1) is 22.3. The van der Waals surface area contributed by atoms with E-state index in [-0.39, 0.29) is 23.5 Å². The number of carbonyl (C=O) groups excluding carboxylic acids is 2. The zero-order valence-corrected chi connectivity index (χ0v) is 18.2. The number of aryl methyl sites for hydroxylation is 1. The number of hydrogen-bond donors (Lipinski definition) is 0. The standard InChI is InChI=1S/C21H22ClNO6S/c1-14-13-16(22)7-8-18(14)29-20(24)15-9-11-23(12-10-15)30(26,27)19-6-4-3-5-17(19)21(25)28-2/h3-8,13,15H,9-12H2,1-2H3. The minimum atomic E-state index is -3.90. The lowest BCUT2D eigenvalue weighted by atomic mass is 9.98. The van der Waals surface area contributed by atoms with E-state index in [0.717, 1.165) is 5.56 Å². The highest BCUT2D eigenvalue weighted by atomic mass is 35.5. The van der Waals surface area contributed by atoms with Gasteiger partial charge in [-0.05, 0) is 55.7 Å². The molecule has 9 heteroatoms. The van der Waals surface area contributed by atoms with Crippen molar-refractivity contribution in [1.82, 2.24) is 4.31 Å². The third-order valence-corrected chi connectivity index (χ3v) is 7.24. The van der Waals surface area contributed by atoms with Crippen LogP contribution in [0.2, 0.25) is 5.02 Å². The third-order valence-electron chi connectivity index (χ3n) is 5.04. The molecule has 1 aliphatic rings. The van der Waals surface area contributed by atoms with Crippen LogP contribution >= 0.6 is 11.6 Å². The smallest absolute Gasteiger partial charge is 0.339 e. The molecule has 2 aromatic rings. The number of esters is 2. The minimum absolute atomic E-state index is 0.0141. The maximum Gasteiger partial charge on any atom is 0.339 e. The Balaban J connectivity index is 1.69. The Morgan fingerprint density at radius 1 is 1.10 bits per heavy atom. The molecule has 0 unspecified atom stereocenters. The van der Waals surface area contributed by atoms with Gasteiger partial charge in [-0.2, -0.15) is 4.31 Å². The topological polar surface area (TPSA) is 90.0 Å². The van der Waals surface area contributed by atoms with Gasteiger partial charge in [0.2, 0.25) is 10.0 Å². The molecule has 0 aromatic heterocycles. The molecule has 7 nitrogen and oxygen atoms in total. The molecule has 0 aliphatic carbocycles. The van der Waals surface area contributed by atoms with Crippen molar-refractivity contribution < 1.29 is 27.5 Å². The summed E-state index contributed by atoms with van der Waals surface area (Å²) in [7, 11) is -2.70. The fraction of sp³-hybridized carbons (Fsp3) is 0.333. The third kappa shape index (κ3) is 4.66. The molecule has 160 valence electrons. The van der Waals surface area contributed by atoms with Gasteiger partial charge in [-0.25, -0.2) is 13.2 Å². The van der Waals surface area contributed by atoms with E-state index >= 15 is 0 Å². The van der Waals surface area contributed by atoms with Gasteiger partial charge in [0.25, 0.3) is 0 Å². The van der Waals surface area contributed by atoms with Crippen molar-refractivity contribution in [3.05, 3.63) is 58.6 Å². The fourth-order valence-electron chi connectivity index (χ4n) is 3.36. The summed E-state index contributed by atoms with van der Waals surface area (Å²) in [5.74, 6) is -1.09. The van der Waals surface area contributed by atoms with Crippen molar-refractivity contribution >= 4 is 33.6 Å². The summed E-state index contributed by atoms with van der Waals surface area (Å²) in [5.41, 5.74) is 0.732. The molecule has 0 N–H and O–H groups in total. The van der Waals surface area contributed by atoms with Crippen LogP contribution in [0.3, 0.4) is 0 Å². The molecule has 1 heterocycles. The van der Waals surface area contributed by atoms with Crippen molar-refractivity contribution in [3.8, 4) is 5.75 Å². The molecule has 30 heavy (non-hydrogen) atoms. The van der Waals surface area contributed by atoms with E-state index < -0.39 is 27.9 Å². The molecule has 3 rings (SSSR count). The lowest BCUT2D eigenvalue weighted by molar-refractivity contribution is -0.140. The number of methoxy groups -OCH3 is 1. The minimum Gasteiger partial charge on any atom is -0.465 e. The number of piperidine rings is 1. The van der Waals surface area contributed by atoms with Gasteiger partial charge >= 0.3 is 11.9 Å². The van der Waals surface area contributed by atoms with Gasteiger partial charge in [-0.3, -0.25) is 4.79 Å². The van der Waals surface area contributed by atoms with Crippen molar-refractivity contribution in [2.75, 3.05) is 20.2 Å². The first-order valence-corrected chi connectivity index (χ1v) is 11.2. The first-order chi connectivity index (χ1) is 14.2. The number of hydrogen-bond acceptors (Lipinski definition) is 6. The zero-order chi connectivity index (χ0) is 21.9. The maximum atomic E-state index is 13.1. The Kier molecular flexibility index (Phi) is 6.80. The molecular formula is C21H22ClNO6S. The Hall–Kier alpha value is -2.42. The summed E-state index contributed by atoms with van der Waals surface area (Å²) in [4.78, 5) is 24.4. The van der Waals surface area contributed by atoms with E-state index in [0.29, 0.717) is 23.6 Å². The van der Waals surface area contributed by atoms with Crippen LogP contribution in [0.15, 0.2) is 47.4 Å². The van der Waals surface area contributed by atoms with Crippen LogP contribution in [0.4, 0.5) is 0 Å². The van der Waals surface area contributed by atoms with E-state index in [2.05, 4.69) is 0 Å². The molecule has 0 bridgehead atoms. The normalized spacial score (nSPS) is 15.6. The van der Waals surface area contributed by atoms with Crippen LogP contribution in [-0.4, -0.2) is 44.9 Å². The van der Waals surface area contributed by atoms with Crippen molar-refractivity contribution in [1.29, 1.82) is 0 Å². The predicted octanol–water partition coefficient (Wildman–Crippen LogP) is 3.44. The molecule has 0 spiro atoms. The number of rotatable bonds is 5. The Bertz CT molecular complexity index is 1060. The second kappa shape index (κ2) is 9.16. The van der Waals surface area contributed by atoms with Crippen molar-refractivity contribution in [2.45, 2.75) is 24.7 Å². The Morgan fingerprint density at radius 3 is 2.40 bits per heavy atom. The number of sulfonamides is 1. The monoisotopic (exact) mass is 451 g/mol. The number of carbonyl (C=O) groups is 2. The van der Waals surface area contributed by atoms with Crippen LogP contribution in [0.1, 0.15) is 28.8 Å². The SMILES string of the molecule is COC(=O)c1ccccc1S(=O)(=O)N1CCC(C(=O)Oc2ccc(Cl)cc2C)CC1. The number of nitrogens with zero attached hydrogens (tertiary/aromatic N) is 1. The van der Waals surface area contributed by atoms with Crippen LogP contribution in [0, 0.1) is 12.8 Å². The van der Waals surface area contributed by atoms with Crippen LogP contribution < -0.4 is 4.74 Å². The molecule has 1 aliphatic heterocycles. The van der Waals surface area contributed by atoms with E-state index in [1.54, 1.807) is 37.3 Å². The molecule has 1 saturated heterocycles. The molecule has 1 fully saturated rings. The van der Waals surface area contributed by atoms with Crippen LogP contribution in [0.5, 0.6) is 5.75 Å². The van der Waals surface area contributed by atoms with Gasteiger partial charge in [0.05, 0.1) is 23.5 Å². The van der Waals surface area contributed by atoms with Gasteiger partial charge in [0.15, 0.2) is 0 Å². The van der Waals surface area contributed by atoms with Crippen LogP contribution in [0.25, 0.3) is 0 Å². The zero-order valence-electron chi connectivity index (χ0n) is 16.6. The van der Waals surface area contributed by atoms with Gasteiger partial charge in [0, 0.05) is 18.1 Å². The highest BCUT2D eigenvalue weighted by Crippen LogP contribution is 2.28. The molecular weight excluding hydrogens is 430 g/mol. The highest BCUT2D eigenvalue weighted by Gasteiger charge is 2.35. The summed E-state index contributed by atoms with van der Waals surface area (Å²) in [6.07, 6.45) is 0.649. The summed E-state index contributed by atoms with van der Waals surface area (Å²) in [5, 5.41) is 0.554. The lowest BCUT2D eigenvalue weighted by Gasteiger charge is -2.30. The van der Waals surface area contributed by atoms with Gasteiger partial charge in [-0.15, -0.1) is 0 Å². The first-order valence-electron chi connectivity index (χ1n) is 9.39. The van der Waals surface area contributed by atoms with Crippen molar-refractivity contribution in [3.63, 3.8) is 0 Å². The number of ether oxygens (including phenoxy) is 2. The van der Waals surface area contributed by atoms with Gasteiger partial charge in [-0.1, -0.05) is 23.7 Å². The fourth-order valence-corrected chi connectivity index (χ4v) is 5.24. The average Bonchev–Trinajstić information content (AvgIpc) is 2.75. The van der Waals surface area contributed by atoms with E-state index in [1.165, 1.54) is 23.5 Å². The van der Waals surface area contributed by atoms with Crippen molar-refractivity contribution in [2.24, 2.45) is 5.92 Å². The van der Waals surface area contributed by atoms with Crippen LogP contribution in [-0.2, 0) is 19.6 Å². The Morgan fingerprint density at radius 2 is 1.77 bits per heavy atom. The Labute approximate surface area is 180 Å². The quantitative estimate of drug-likeness (QED) is 0.511. The lowest BCUT2D eigenvalue weighted by Crippen LogP contribution is -2.41. The summed E-state index contributed by atoms with van der Waals surface area (Å²) >= 11 is 5.92. The number of halogens is 1. The molecule has 0 radical (unpaired) electrons. The molecule has 0 atom stereocenters. The molecule has 2 aromatic carbocycles. The van der Waals surface area contributed by atoms with E-state index in [9.17, 15) is 18.0 Å². The van der Waals surface area contributed by atoms with E-state index in [4.69, 9.17) is 21.1 Å². The average molecular weight is 452 g/mol. The molecule has 0 amide bonds.